The summed E-state index contributed by atoms with van der Waals surface area (Å²) >= 11 is 0.997. The molecule has 0 aliphatic heterocycles. The topological polar surface area (TPSA) is 80.7 Å². The average molecular weight is 431 g/mol. The lowest BCUT2D eigenvalue weighted by atomic mass is 10.3. The maximum Gasteiger partial charge on any atom is 0.434 e. The third-order valence-corrected chi connectivity index (χ3v) is 4.51. The second-order valence-electron chi connectivity index (χ2n) is 5.81. The van der Waals surface area contributed by atoms with Crippen LogP contribution in [0, 0.1) is 0 Å². The predicted octanol–water partition coefficient (Wildman–Crippen LogP) is 2.88. The van der Waals surface area contributed by atoms with Gasteiger partial charge in [0.25, 0.3) is 0 Å². The van der Waals surface area contributed by atoms with Crippen LogP contribution in [0.1, 0.15) is 23.2 Å². The molecule has 160 valence electrons. The second kappa shape index (κ2) is 11.6. The Labute approximate surface area is 171 Å². The minimum Gasteiger partial charge on any atom is -0.475 e. The van der Waals surface area contributed by atoms with E-state index in [-0.39, 0.29) is 0 Å². The number of pyridine rings is 1. The first-order chi connectivity index (χ1) is 13.9. The number of ether oxygens (including phenoxy) is 2. The van der Waals surface area contributed by atoms with Crippen LogP contribution in [-0.2, 0) is 23.9 Å². The quantitative estimate of drug-likeness (QED) is 0.342. The summed E-state index contributed by atoms with van der Waals surface area (Å²) in [4.78, 5) is 12.3. The molecule has 2 heterocycles. The molecule has 0 atom stereocenters. The van der Waals surface area contributed by atoms with Crippen molar-refractivity contribution in [3.05, 3.63) is 40.0 Å². The van der Waals surface area contributed by atoms with E-state index in [1.54, 1.807) is 19.4 Å². The van der Waals surface area contributed by atoms with Crippen LogP contribution < -0.4 is 15.4 Å². The van der Waals surface area contributed by atoms with Crippen molar-refractivity contribution >= 4 is 17.3 Å². The van der Waals surface area contributed by atoms with Gasteiger partial charge >= 0.3 is 6.18 Å². The van der Waals surface area contributed by atoms with Gasteiger partial charge in [0, 0.05) is 43.8 Å². The molecule has 2 rings (SSSR count). The first kappa shape index (κ1) is 22.9. The Kier molecular flexibility index (Phi) is 9.13. The van der Waals surface area contributed by atoms with Gasteiger partial charge in [-0.15, -0.1) is 11.3 Å². The molecule has 7 nitrogen and oxygen atoms in total. The summed E-state index contributed by atoms with van der Waals surface area (Å²) in [6, 6.07) is 3.67. The molecule has 0 radical (unpaired) electrons. The summed E-state index contributed by atoms with van der Waals surface area (Å²) in [5.41, 5.74) is -0.0359. The molecule has 11 heteroatoms. The molecule has 0 amide bonds. The zero-order chi connectivity index (χ0) is 21.1. The largest absolute Gasteiger partial charge is 0.475 e. The third kappa shape index (κ3) is 7.86. The van der Waals surface area contributed by atoms with E-state index in [9.17, 15) is 13.2 Å². The van der Waals surface area contributed by atoms with E-state index in [4.69, 9.17) is 9.47 Å². The Morgan fingerprint density at radius 2 is 2.10 bits per heavy atom. The Bertz CT molecular complexity index is 783. The summed E-state index contributed by atoms with van der Waals surface area (Å²) in [6.07, 6.45) is -2.41. The van der Waals surface area contributed by atoms with Crippen LogP contribution in [0.4, 0.5) is 13.2 Å². The lowest BCUT2D eigenvalue weighted by molar-refractivity contribution is -0.140. The van der Waals surface area contributed by atoms with Gasteiger partial charge in [-0.25, -0.2) is 15.0 Å². The molecule has 2 aromatic heterocycles. The molecular weight excluding hydrogens is 407 g/mol. The van der Waals surface area contributed by atoms with Gasteiger partial charge in [-0.3, -0.25) is 0 Å². The van der Waals surface area contributed by atoms with Crippen LogP contribution in [0.2, 0.25) is 0 Å². The van der Waals surface area contributed by atoms with Gasteiger partial charge in [0.2, 0.25) is 5.88 Å². The summed E-state index contributed by atoms with van der Waals surface area (Å²) in [5, 5.41) is 7.65. The number of hydrogen-bond donors (Lipinski definition) is 2. The lowest BCUT2D eigenvalue weighted by Crippen LogP contribution is -2.38. The van der Waals surface area contributed by atoms with Crippen molar-refractivity contribution in [2.45, 2.75) is 26.1 Å². The van der Waals surface area contributed by atoms with Gasteiger partial charge < -0.3 is 20.1 Å². The lowest BCUT2D eigenvalue weighted by Gasteiger charge is -2.12. The van der Waals surface area contributed by atoms with Crippen LogP contribution in [0.25, 0.3) is 0 Å². The number of guanidine groups is 1. The second-order valence-corrected chi connectivity index (χ2v) is 6.75. The molecule has 0 spiro atoms. The van der Waals surface area contributed by atoms with Crippen molar-refractivity contribution in [1.29, 1.82) is 0 Å². The first-order valence-electron chi connectivity index (χ1n) is 9.03. The fourth-order valence-electron chi connectivity index (χ4n) is 2.25. The van der Waals surface area contributed by atoms with Crippen molar-refractivity contribution in [1.82, 2.24) is 20.6 Å². The SMILES string of the molecule is CCNC(=NCc1cccnc1OCCOC)NCCc1nc(C(F)(F)F)cs1. The number of methoxy groups -OCH3 is 1. The molecule has 0 fully saturated rings. The van der Waals surface area contributed by atoms with E-state index in [2.05, 4.69) is 25.6 Å². The first-order valence-corrected chi connectivity index (χ1v) is 9.91. The molecule has 0 saturated carbocycles. The number of aliphatic imine (C=N–C) groups is 1. The van der Waals surface area contributed by atoms with Gasteiger partial charge in [0.05, 0.1) is 18.2 Å². The Morgan fingerprint density at radius 3 is 2.79 bits per heavy atom. The highest BCUT2D eigenvalue weighted by Gasteiger charge is 2.33. The predicted molar refractivity (Wildman–Crippen MR) is 105 cm³/mol. The number of nitrogens with one attached hydrogen (secondary N) is 2. The normalized spacial score (nSPS) is 12.1. The van der Waals surface area contributed by atoms with E-state index in [1.807, 2.05) is 13.0 Å². The van der Waals surface area contributed by atoms with Gasteiger partial charge in [0.1, 0.15) is 6.61 Å². The summed E-state index contributed by atoms with van der Waals surface area (Å²) in [5.74, 6) is 1.04. The molecule has 0 saturated heterocycles. The third-order valence-electron chi connectivity index (χ3n) is 3.60. The van der Waals surface area contributed by atoms with E-state index in [0.29, 0.717) is 56.1 Å². The number of halogens is 3. The summed E-state index contributed by atoms with van der Waals surface area (Å²) in [6.45, 7) is 4.15. The van der Waals surface area contributed by atoms with Gasteiger partial charge in [0.15, 0.2) is 11.7 Å². The summed E-state index contributed by atoms with van der Waals surface area (Å²) < 4.78 is 48.4. The number of hydrogen-bond acceptors (Lipinski definition) is 6. The maximum absolute atomic E-state index is 12.6. The number of rotatable bonds is 10. The Morgan fingerprint density at radius 1 is 1.28 bits per heavy atom. The van der Waals surface area contributed by atoms with Crippen molar-refractivity contribution in [2.24, 2.45) is 4.99 Å². The minimum atomic E-state index is -4.41. The minimum absolute atomic E-state index is 0.334. The van der Waals surface area contributed by atoms with Crippen LogP contribution in [0.15, 0.2) is 28.7 Å². The maximum atomic E-state index is 12.6. The van der Waals surface area contributed by atoms with Crippen LogP contribution >= 0.6 is 11.3 Å². The van der Waals surface area contributed by atoms with Crippen molar-refractivity contribution in [3.8, 4) is 5.88 Å². The van der Waals surface area contributed by atoms with E-state index >= 15 is 0 Å². The Hall–Kier alpha value is -2.40. The van der Waals surface area contributed by atoms with Gasteiger partial charge in [-0.05, 0) is 13.0 Å². The van der Waals surface area contributed by atoms with E-state index < -0.39 is 11.9 Å². The molecule has 0 bridgehead atoms. The van der Waals surface area contributed by atoms with Crippen LogP contribution in [0.3, 0.4) is 0 Å². The van der Waals surface area contributed by atoms with Crippen molar-refractivity contribution in [2.75, 3.05) is 33.4 Å². The monoisotopic (exact) mass is 431 g/mol. The molecular formula is C18H24F3N5O2S. The zero-order valence-corrected chi connectivity index (χ0v) is 17.1. The fraction of sp³-hybridized carbons (Fsp3) is 0.500. The molecule has 0 aromatic carbocycles. The number of thiazole rings is 1. The highest BCUT2D eigenvalue weighted by molar-refractivity contribution is 7.09. The van der Waals surface area contributed by atoms with E-state index in [0.717, 1.165) is 22.3 Å². The number of alkyl halides is 3. The zero-order valence-electron chi connectivity index (χ0n) is 16.3. The highest BCUT2D eigenvalue weighted by atomic mass is 32.1. The molecule has 0 aliphatic carbocycles. The fourth-order valence-corrected chi connectivity index (χ4v) is 3.05. The Balaban J connectivity index is 1.92. The van der Waals surface area contributed by atoms with Gasteiger partial charge in [-0.1, -0.05) is 6.07 Å². The standard InChI is InChI=1S/C18H24F3N5O2S/c1-3-22-17(24-8-6-15-26-14(12-29-15)18(19,20)21)25-11-13-5-4-7-23-16(13)28-10-9-27-2/h4-5,7,12H,3,6,8-11H2,1-2H3,(H2,22,24,25). The van der Waals surface area contributed by atoms with Crippen LogP contribution in [-0.4, -0.2) is 49.3 Å². The van der Waals surface area contributed by atoms with Crippen molar-refractivity contribution in [3.63, 3.8) is 0 Å². The molecule has 29 heavy (non-hydrogen) atoms. The molecule has 2 N–H and O–H groups in total. The smallest absolute Gasteiger partial charge is 0.434 e. The highest BCUT2D eigenvalue weighted by Crippen LogP contribution is 2.30. The number of aromatic nitrogens is 2. The molecule has 0 aliphatic rings. The summed E-state index contributed by atoms with van der Waals surface area (Å²) in [7, 11) is 1.59. The van der Waals surface area contributed by atoms with E-state index in [1.165, 1.54) is 0 Å². The number of nitrogens with zero attached hydrogens (tertiary/aromatic N) is 3. The van der Waals surface area contributed by atoms with Gasteiger partial charge in [-0.2, -0.15) is 13.2 Å². The molecule has 2 aromatic rings. The van der Waals surface area contributed by atoms with Crippen LogP contribution in [0.5, 0.6) is 5.88 Å². The van der Waals surface area contributed by atoms with Crippen molar-refractivity contribution < 1.29 is 22.6 Å². The molecule has 0 unspecified atom stereocenters. The average Bonchev–Trinajstić information content (AvgIpc) is 3.17.